The van der Waals surface area contributed by atoms with Gasteiger partial charge in [-0.2, -0.15) is 0 Å². The third-order valence-electron chi connectivity index (χ3n) is 5.21. The summed E-state index contributed by atoms with van der Waals surface area (Å²) < 4.78 is 14.0. The van der Waals surface area contributed by atoms with Gasteiger partial charge in [0.05, 0.1) is 6.61 Å². The molecule has 0 saturated carbocycles. The molecule has 3 rings (SSSR count). The number of carbonyl (C=O) groups is 4. The van der Waals surface area contributed by atoms with Crippen molar-refractivity contribution in [3.05, 3.63) is 35.9 Å². The maximum Gasteiger partial charge on any atom is 0.511 e. The van der Waals surface area contributed by atoms with E-state index in [2.05, 4.69) is 10.1 Å². The molecule has 0 radical (unpaired) electrons. The predicted octanol–water partition coefficient (Wildman–Crippen LogP) is 1.30. The summed E-state index contributed by atoms with van der Waals surface area (Å²) in [7, 11) is 0. The Bertz CT molecular complexity index is 895. The molecule has 2 aliphatic rings. The van der Waals surface area contributed by atoms with Crippen LogP contribution in [0.1, 0.15) is 39.3 Å². The Morgan fingerprint density at radius 3 is 2.50 bits per heavy atom. The molecule has 0 spiro atoms. The molecular weight excluding hydrogens is 438 g/mol. The van der Waals surface area contributed by atoms with E-state index in [0.29, 0.717) is 5.56 Å². The summed E-state index contributed by atoms with van der Waals surface area (Å²) in [6, 6.07) is 6.21. The van der Waals surface area contributed by atoms with Crippen molar-refractivity contribution < 1.29 is 33.4 Å². The highest BCUT2D eigenvalue weighted by Crippen LogP contribution is 2.51. The smallest absolute Gasteiger partial charge is 0.435 e. The van der Waals surface area contributed by atoms with Gasteiger partial charge in [-0.3, -0.25) is 9.59 Å². The highest BCUT2D eigenvalue weighted by atomic mass is 32.2. The third kappa shape index (κ3) is 4.68. The molecule has 0 aliphatic carbocycles. The number of esters is 1. The molecule has 32 heavy (non-hydrogen) atoms. The van der Waals surface area contributed by atoms with E-state index in [4.69, 9.17) is 15.2 Å². The molecule has 2 amide bonds. The summed E-state index contributed by atoms with van der Waals surface area (Å²) in [6.45, 7) is 6.74. The number of thioether (sulfide) groups is 1. The highest BCUT2D eigenvalue weighted by molar-refractivity contribution is 8.01. The van der Waals surface area contributed by atoms with Crippen LogP contribution in [0.3, 0.4) is 0 Å². The van der Waals surface area contributed by atoms with E-state index in [9.17, 15) is 19.2 Å². The van der Waals surface area contributed by atoms with Crippen molar-refractivity contribution >= 4 is 35.7 Å². The Balaban J connectivity index is 1.63. The van der Waals surface area contributed by atoms with Crippen LogP contribution in [0.2, 0.25) is 0 Å². The Morgan fingerprint density at radius 2 is 1.88 bits per heavy atom. The van der Waals surface area contributed by atoms with Crippen molar-refractivity contribution in [2.24, 2.45) is 5.73 Å². The average molecular weight is 466 g/mol. The fraction of sp³-hybridized carbons (Fsp3) is 0.524. The summed E-state index contributed by atoms with van der Waals surface area (Å²) >= 11 is 1.38. The van der Waals surface area contributed by atoms with Crippen LogP contribution in [0.25, 0.3) is 0 Å². The summed E-state index contributed by atoms with van der Waals surface area (Å²) in [4.78, 5) is 51.0. The third-order valence-corrected chi connectivity index (χ3v) is 6.78. The van der Waals surface area contributed by atoms with E-state index < -0.39 is 58.5 Å². The van der Waals surface area contributed by atoms with Crippen LogP contribution < -0.4 is 11.1 Å². The molecule has 0 unspecified atom stereocenters. The molecule has 0 aromatic heterocycles. The van der Waals surface area contributed by atoms with Gasteiger partial charge in [-0.1, -0.05) is 30.3 Å². The van der Waals surface area contributed by atoms with Crippen LogP contribution in [0.15, 0.2) is 30.3 Å². The first-order valence-electron chi connectivity index (χ1n) is 10.2. The zero-order chi connectivity index (χ0) is 23.6. The lowest BCUT2D eigenvalue weighted by molar-refractivity contribution is -0.180. The molecule has 1 aromatic rings. The van der Waals surface area contributed by atoms with Gasteiger partial charge < -0.3 is 30.2 Å². The second-order valence-electron chi connectivity index (χ2n) is 7.94. The first-order valence-corrected chi connectivity index (χ1v) is 11.1. The van der Waals surface area contributed by atoms with Crippen molar-refractivity contribution in [1.29, 1.82) is 0 Å². The van der Waals surface area contributed by atoms with Crippen LogP contribution in [0.5, 0.6) is 0 Å². The molecule has 174 valence electrons. The van der Waals surface area contributed by atoms with E-state index in [-0.39, 0.29) is 6.61 Å². The summed E-state index contributed by atoms with van der Waals surface area (Å²) in [5.41, 5.74) is 6.65. The van der Waals surface area contributed by atoms with Crippen LogP contribution in [-0.4, -0.2) is 63.9 Å². The minimum Gasteiger partial charge on any atom is -0.435 e. The summed E-state index contributed by atoms with van der Waals surface area (Å²) in [6.07, 6.45) is -2.14. The van der Waals surface area contributed by atoms with E-state index in [1.54, 1.807) is 45.0 Å². The Hall–Kier alpha value is -2.79. The number of hydrogen-bond acceptors (Lipinski definition) is 9. The fourth-order valence-electron chi connectivity index (χ4n) is 3.72. The van der Waals surface area contributed by atoms with Crippen molar-refractivity contribution in [2.45, 2.75) is 62.2 Å². The first kappa shape index (κ1) is 23.9. The lowest BCUT2D eigenvalue weighted by atomic mass is 9.95. The molecule has 2 saturated heterocycles. The van der Waals surface area contributed by atoms with E-state index in [1.165, 1.54) is 23.6 Å². The predicted molar refractivity (Wildman–Crippen MR) is 115 cm³/mol. The monoisotopic (exact) mass is 465 g/mol. The lowest BCUT2D eigenvalue weighted by Crippen LogP contribution is -2.71. The second kappa shape index (κ2) is 9.37. The lowest BCUT2D eigenvalue weighted by Gasteiger charge is -2.44. The summed E-state index contributed by atoms with van der Waals surface area (Å²) in [5, 5.41) is 2.26. The van der Waals surface area contributed by atoms with Crippen molar-refractivity contribution in [3.63, 3.8) is 0 Å². The number of fused-ring (bicyclic) bond motifs is 1. The first-order chi connectivity index (χ1) is 15.1. The quantitative estimate of drug-likeness (QED) is 0.347. The van der Waals surface area contributed by atoms with Gasteiger partial charge in [-0.15, -0.1) is 11.8 Å². The number of nitrogens with zero attached hydrogens (tertiary/aromatic N) is 1. The van der Waals surface area contributed by atoms with Gasteiger partial charge in [0.2, 0.25) is 18.1 Å². The average Bonchev–Trinajstić information content (AvgIpc) is 2.99. The van der Waals surface area contributed by atoms with E-state index in [0.717, 1.165) is 0 Å². The Morgan fingerprint density at radius 1 is 1.22 bits per heavy atom. The second-order valence-corrected chi connectivity index (χ2v) is 9.71. The minimum atomic E-state index is -1.18. The van der Waals surface area contributed by atoms with Gasteiger partial charge in [0.25, 0.3) is 0 Å². The number of rotatable bonds is 7. The maximum atomic E-state index is 12.8. The van der Waals surface area contributed by atoms with Crippen LogP contribution in [-0.2, 0) is 28.6 Å². The largest absolute Gasteiger partial charge is 0.511 e. The Labute approximate surface area is 190 Å². The van der Waals surface area contributed by atoms with E-state index >= 15 is 0 Å². The number of ether oxygens (including phenoxy) is 3. The highest BCUT2D eigenvalue weighted by Gasteiger charge is 2.64. The molecule has 2 fully saturated rings. The van der Waals surface area contributed by atoms with Crippen LogP contribution >= 0.6 is 11.8 Å². The van der Waals surface area contributed by atoms with Crippen molar-refractivity contribution in [2.75, 3.05) is 6.61 Å². The molecular formula is C21H27N3O7S. The summed E-state index contributed by atoms with van der Waals surface area (Å²) in [5.74, 6) is -1.58. The number of amides is 2. The molecule has 10 nitrogen and oxygen atoms in total. The minimum absolute atomic E-state index is 0.122. The van der Waals surface area contributed by atoms with Gasteiger partial charge in [-0.25, -0.2) is 9.59 Å². The standard InChI is InChI=1S/C21H27N3O7S/c1-5-29-20(28)31-11(2)30-19(27)15-21(3,4)32-18-14(17(26)24(15)18)23-16(25)13(22)12-9-7-6-8-10-12/h6-11,13-15,18H,5,22H2,1-4H3,(H,23,25)/t11-,13-,14+,15-,18+/m1/s1. The van der Waals surface area contributed by atoms with E-state index in [1.807, 2.05) is 6.07 Å². The van der Waals surface area contributed by atoms with Gasteiger partial charge in [-0.05, 0) is 26.3 Å². The Kier molecular flexibility index (Phi) is 6.99. The van der Waals surface area contributed by atoms with Crippen LogP contribution in [0.4, 0.5) is 4.79 Å². The molecule has 5 atom stereocenters. The SMILES string of the molecule is CCOC(=O)O[C@H](C)OC(=O)[C@H]1N2C(=O)[C@H](NC(=O)[C@H](N)c3ccccc3)[C@@H]2SC1(C)C. The van der Waals surface area contributed by atoms with Crippen LogP contribution in [0, 0.1) is 0 Å². The number of benzene rings is 1. The maximum absolute atomic E-state index is 12.8. The molecule has 0 bridgehead atoms. The fourth-order valence-corrected chi connectivity index (χ4v) is 5.34. The molecule has 2 aliphatic heterocycles. The van der Waals surface area contributed by atoms with Gasteiger partial charge in [0.15, 0.2) is 0 Å². The molecule has 11 heteroatoms. The molecule has 3 N–H and O–H groups in total. The van der Waals surface area contributed by atoms with Crippen molar-refractivity contribution in [1.82, 2.24) is 10.2 Å². The topological polar surface area (TPSA) is 137 Å². The number of β-lactam (4-membered cyclic amide) rings is 1. The molecule has 2 heterocycles. The zero-order valence-corrected chi connectivity index (χ0v) is 19.1. The van der Waals surface area contributed by atoms with Gasteiger partial charge in [0, 0.05) is 11.7 Å². The molecule has 1 aromatic carbocycles. The normalized spacial score (nSPS) is 25.1. The number of hydrogen-bond donors (Lipinski definition) is 2. The van der Waals surface area contributed by atoms with Crippen molar-refractivity contribution in [3.8, 4) is 0 Å². The number of carbonyl (C=O) groups excluding carboxylic acids is 4. The van der Waals surface area contributed by atoms with Gasteiger partial charge >= 0.3 is 12.1 Å². The zero-order valence-electron chi connectivity index (χ0n) is 18.3. The number of nitrogens with one attached hydrogen (secondary N) is 1. The van der Waals surface area contributed by atoms with Gasteiger partial charge in [0.1, 0.15) is 23.5 Å². The number of nitrogens with two attached hydrogens (primary N) is 1.